The summed E-state index contributed by atoms with van der Waals surface area (Å²) in [5.41, 5.74) is 0. The number of hydrogen-bond acceptors (Lipinski definition) is 2. The summed E-state index contributed by atoms with van der Waals surface area (Å²) in [5.74, 6) is 0. The van der Waals surface area contributed by atoms with Crippen LogP contribution in [0.1, 0.15) is 1.43 Å². The van der Waals surface area contributed by atoms with Crippen molar-refractivity contribution in [3.8, 4) is 0 Å². The molecule has 0 amide bonds. The molecule has 0 unspecified atom stereocenters. The average Bonchev–Trinajstić information content (AvgIpc) is 0.811. The molecule has 0 fully saturated rings. The van der Waals surface area contributed by atoms with Crippen molar-refractivity contribution in [2.75, 3.05) is 0 Å². The van der Waals surface area contributed by atoms with Crippen LogP contribution in [0.5, 0.6) is 0 Å². The monoisotopic (exact) mass is 238 g/mol. The molecule has 0 saturated heterocycles. The quantitative estimate of drug-likeness (QED) is 0.441. The Morgan fingerprint density at radius 1 is 1.50 bits per heavy atom. The van der Waals surface area contributed by atoms with Gasteiger partial charge in [-0.05, 0) is 0 Å². The Hall–Kier alpha value is 2.47. The van der Waals surface area contributed by atoms with Gasteiger partial charge in [-0.15, -0.1) is 0 Å². The fourth-order valence-corrected chi connectivity index (χ4v) is 0. The summed E-state index contributed by atoms with van der Waals surface area (Å²) in [6, 6.07) is 0. The van der Waals surface area contributed by atoms with E-state index in [2.05, 4.69) is 0 Å². The summed E-state index contributed by atoms with van der Waals surface area (Å²) in [5, 5.41) is 0. The average molecular weight is 236 g/mol. The standard InChI is InChI=1S/K.Mo.H2O.2O.V.H/h;;1H2;;;;/q+1;;;;;+1;-1/p-1. The van der Waals surface area contributed by atoms with Crippen molar-refractivity contribution in [1.29, 1.82) is 0 Å². The van der Waals surface area contributed by atoms with Crippen LogP contribution in [0.3, 0.4) is 0 Å². The van der Waals surface area contributed by atoms with Gasteiger partial charge < -0.3 is 1.43 Å². The molecule has 0 bridgehead atoms. The van der Waals surface area contributed by atoms with E-state index in [0.29, 0.717) is 0 Å². The second-order valence-corrected chi connectivity index (χ2v) is 0.981. The Morgan fingerprint density at radius 3 is 1.50 bits per heavy atom. The van der Waals surface area contributed by atoms with Crippen molar-refractivity contribution >= 4 is 0 Å². The van der Waals surface area contributed by atoms with Gasteiger partial charge in [0.1, 0.15) is 0 Å². The third-order valence-electron chi connectivity index (χ3n) is 0. The van der Waals surface area contributed by atoms with E-state index >= 15 is 0 Å². The van der Waals surface area contributed by atoms with Gasteiger partial charge in [-0.3, -0.25) is 0 Å². The van der Waals surface area contributed by atoms with E-state index in [1.165, 1.54) is 0 Å². The van der Waals surface area contributed by atoms with E-state index in [9.17, 15) is 0 Å². The van der Waals surface area contributed by atoms with Crippen molar-refractivity contribution in [3.05, 3.63) is 0 Å². The minimum atomic E-state index is -3.69. The molecule has 0 heterocycles. The van der Waals surface area contributed by atoms with Gasteiger partial charge in [0.2, 0.25) is 0 Å². The molecule has 0 aromatic heterocycles. The summed E-state index contributed by atoms with van der Waals surface area (Å²) in [6.07, 6.45) is 0. The second-order valence-electron chi connectivity index (χ2n) is 0.238. The van der Waals surface area contributed by atoms with Crippen LogP contribution in [0.25, 0.3) is 0 Å². The van der Waals surface area contributed by atoms with E-state index in [1.807, 2.05) is 0 Å². The fraction of sp³-hybridized carbons (Fsp3) is 0. The summed E-state index contributed by atoms with van der Waals surface area (Å²) < 4.78 is 24.4. The van der Waals surface area contributed by atoms with Gasteiger partial charge in [-0.1, -0.05) is 0 Å². The van der Waals surface area contributed by atoms with Crippen molar-refractivity contribution in [2.45, 2.75) is 0 Å². The van der Waals surface area contributed by atoms with Crippen molar-refractivity contribution < 1.29 is 101 Å². The van der Waals surface area contributed by atoms with Crippen LogP contribution in [0.2, 0.25) is 0 Å². The zero-order valence-electron chi connectivity index (χ0n) is 4.12. The molecular weight excluding hydrogens is 234 g/mol. The summed E-state index contributed by atoms with van der Waals surface area (Å²) in [6.45, 7) is 0. The van der Waals surface area contributed by atoms with Crippen molar-refractivity contribution in [1.82, 2.24) is 0 Å². The SMILES string of the molecule is [H-].[K+].[Mo].[O]=[V](=[O])[OH]. The Balaban J connectivity index is -0.0000000150. The van der Waals surface area contributed by atoms with Crippen LogP contribution < -0.4 is 51.4 Å². The van der Waals surface area contributed by atoms with E-state index in [1.54, 1.807) is 0 Å². The molecule has 0 rings (SSSR count). The zero-order valence-corrected chi connectivity index (χ0v) is 9.65. The first kappa shape index (κ1) is 15.8. The predicted octanol–water partition coefficient (Wildman–Crippen LogP) is -3.68. The van der Waals surface area contributed by atoms with Gasteiger partial charge in [0.05, 0.1) is 0 Å². The molecule has 6 heavy (non-hydrogen) atoms. The van der Waals surface area contributed by atoms with E-state index in [4.69, 9.17) is 11.4 Å². The molecule has 1 N–H and O–H groups in total. The molecule has 0 atom stereocenters. The Labute approximate surface area is 98.4 Å². The maximum atomic E-state index is 8.67. The molecule has 32 valence electrons. The van der Waals surface area contributed by atoms with Crippen LogP contribution in [-0.4, -0.2) is 4.03 Å². The zero-order chi connectivity index (χ0) is 3.58. The molecule has 0 spiro atoms. The van der Waals surface area contributed by atoms with E-state index < -0.39 is 15.4 Å². The summed E-state index contributed by atoms with van der Waals surface area (Å²) >= 11 is -3.69. The van der Waals surface area contributed by atoms with Gasteiger partial charge in [0, 0.05) is 21.1 Å². The molecule has 6 heteroatoms. The number of rotatable bonds is 0. The Kier molecular flexibility index (Phi) is 27.5. The Bertz CT molecular complexity index is 63.3. The van der Waals surface area contributed by atoms with E-state index in [-0.39, 0.29) is 73.9 Å². The van der Waals surface area contributed by atoms with Gasteiger partial charge >= 0.3 is 78.2 Å². The molecule has 3 nitrogen and oxygen atoms in total. The van der Waals surface area contributed by atoms with Gasteiger partial charge in [-0.2, -0.15) is 0 Å². The van der Waals surface area contributed by atoms with Gasteiger partial charge in [-0.25, -0.2) is 0 Å². The maximum absolute atomic E-state index is 8.67. The van der Waals surface area contributed by atoms with Crippen LogP contribution in [0.4, 0.5) is 0 Å². The molecule has 0 aromatic carbocycles. The minimum absolute atomic E-state index is 0. The van der Waals surface area contributed by atoms with Gasteiger partial charge in [0.15, 0.2) is 0 Å². The van der Waals surface area contributed by atoms with Crippen LogP contribution in [0, 0.1) is 0 Å². The van der Waals surface area contributed by atoms with Crippen molar-refractivity contribution in [3.63, 3.8) is 0 Å². The van der Waals surface area contributed by atoms with E-state index in [0.717, 1.165) is 0 Å². The summed E-state index contributed by atoms with van der Waals surface area (Å²) in [7, 11) is 0. The molecular formula is H2KMoO3V. The van der Waals surface area contributed by atoms with Crippen LogP contribution in [0.15, 0.2) is 0 Å². The molecule has 0 aliphatic heterocycles. The second kappa shape index (κ2) is 10.5. The van der Waals surface area contributed by atoms with Crippen LogP contribution in [-0.2, 0) is 43.8 Å². The number of hydrogen-bond donors (Lipinski definition) is 1. The molecule has 0 aliphatic rings. The normalized spacial score (nSPS) is 4.17. The predicted molar refractivity (Wildman–Crippen MR) is 4.70 cm³/mol. The van der Waals surface area contributed by atoms with Gasteiger partial charge in [0.25, 0.3) is 0 Å². The van der Waals surface area contributed by atoms with Crippen molar-refractivity contribution in [2.24, 2.45) is 0 Å². The first-order valence-corrected chi connectivity index (χ1v) is 2.33. The molecule has 0 saturated carbocycles. The Morgan fingerprint density at radius 2 is 1.50 bits per heavy atom. The summed E-state index contributed by atoms with van der Waals surface area (Å²) in [4.78, 5) is 0. The first-order valence-electron chi connectivity index (χ1n) is 0.565. The van der Waals surface area contributed by atoms with Crippen LogP contribution >= 0.6 is 0 Å². The topological polar surface area (TPSA) is 54.4 Å². The molecule has 0 aromatic rings. The third kappa shape index (κ3) is 31.7. The first-order chi connectivity index (χ1) is 1.73. The molecule has 0 aliphatic carbocycles. The fourth-order valence-electron chi connectivity index (χ4n) is 0. The third-order valence-corrected chi connectivity index (χ3v) is 0. The molecule has 0 radical (unpaired) electrons.